The van der Waals surface area contributed by atoms with E-state index in [1.807, 2.05) is 0 Å². The number of thioether (sulfide) groups is 1. The molecular formula is C13H22N6OS. The first-order valence-corrected chi connectivity index (χ1v) is 8.33. The van der Waals surface area contributed by atoms with Gasteiger partial charge in [0.1, 0.15) is 5.82 Å². The highest BCUT2D eigenvalue weighted by atomic mass is 32.2. The monoisotopic (exact) mass is 310 g/mol. The van der Waals surface area contributed by atoms with Crippen molar-refractivity contribution in [1.82, 2.24) is 24.9 Å². The van der Waals surface area contributed by atoms with E-state index >= 15 is 0 Å². The van der Waals surface area contributed by atoms with E-state index in [9.17, 15) is 0 Å². The Hall–Kier alpha value is -1.41. The van der Waals surface area contributed by atoms with E-state index in [1.165, 1.54) is 0 Å². The molecule has 2 rings (SSSR count). The number of hydrogen-bond donors (Lipinski definition) is 1. The van der Waals surface area contributed by atoms with E-state index in [1.54, 1.807) is 11.8 Å². The van der Waals surface area contributed by atoms with Gasteiger partial charge < -0.3 is 14.8 Å². The zero-order valence-electron chi connectivity index (χ0n) is 12.6. The molecule has 0 amide bonds. The minimum Gasteiger partial charge on any atom is -0.338 e. The van der Waals surface area contributed by atoms with Crippen molar-refractivity contribution in [2.75, 3.05) is 0 Å². The summed E-state index contributed by atoms with van der Waals surface area (Å²) < 4.78 is 7.31. The maximum atomic E-state index is 5.68. The minimum absolute atomic E-state index is 0.398. The van der Waals surface area contributed by atoms with E-state index in [-0.39, 0.29) is 0 Å². The number of nitrogens with two attached hydrogens (primary N) is 1. The molecule has 2 aromatic heterocycles. The van der Waals surface area contributed by atoms with Crippen LogP contribution in [0.5, 0.6) is 0 Å². The normalized spacial score (nSPS) is 11.2. The molecule has 0 fully saturated rings. The van der Waals surface area contributed by atoms with Crippen molar-refractivity contribution < 1.29 is 4.52 Å². The van der Waals surface area contributed by atoms with E-state index in [4.69, 9.17) is 10.3 Å². The highest BCUT2D eigenvalue weighted by molar-refractivity contribution is 7.98. The molecule has 0 aromatic carbocycles. The Balaban J connectivity index is 1.96. The van der Waals surface area contributed by atoms with Gasteiger partial charge in [-0.15, -0.1) is 10.2 Å². The molecular weight excluding hydrogens is 288 g/mol. The van der Waals surface area contributed by atoms with Crippen molar-refractivity contribution >= 4 is 11.8 Å². The number of aryl methyl sites for hydroxylation is 1. The third-order valence-electron chi connectivity index (χ3n) is 3.01. The maximum Gasteiger partial charge on any atom is 0.237 e. The fourth-order valence-electron chi connectivity index (χ4n) is 1.94. The van der Waals surface area contributed by atoms with Crippen LogP contribution in [0, 0.1) is 0 Å². The summed E-state index contributed by atoms with van der Waals surface area (Å²) in [6.45, 7) is 5.53. The smallest absolute Gasteiger partial charge is 0.237 e. The minimum atomic E-state index is 0.398. The van der Waals surface area contributed by atoms with Gasteiger partial charge in [-0.2, -0.15) is 4.98 Å². The molecule has 21 heavy (non-hydrogen) atoms. The van der Waals surface area contributed by atoms with Crippen molar-refractivity contribution in [1.29, 1.82) is 0 Å². The summed E-state index contributed by atoms with van der Waals surface area (Å²) in [6.07, 6.45) is 4.09. The van der Waals surface area contributed by atoms with Crippen LogP contribution in [0.1, 0.15) is 50.6 Å². The van der Waals surface area contributed by atoms with Crippen molar-refractivity contribution in [2.24, 2.45) is 5.73 Å². The van der Waals surface area contributed by atoms with Crippen molar-refractivity contribution in [2.45, 2.75) is 63.5 Å². The third kappa shape index (κ3) is 4.28. The Kier molecular flexibility index (Phi) is 6.19. The third-order valence-corrected chi connectivity index (χ3v) is 3.96. The molecule has 0 saturated carbocycles. The topological polar surface area (TPSA) is 95.6 Å². The van der Waals surface area contributed by atoms with Gasteiger partial charge >= 0.3 is 0 Å². The van der Waals surface area contributed by atoms with Gasteiger partial charge in [-0.25, -0.2) is 0 Å². The molecule has 0 aliphatic rings. The van der Waals surface area contributed by atoms with E-state index in [2.05, 4.69) is 38.8 Å². The Labute approximate surface area is 128 Å². The van der Waals surface area contributed by atoms with Gasteiger partial charge in [0.2, 0.25) is 5.89 Å². The predicted molar refractivity (Wildman–Crippen MR) is 80.7 cm³/mol. The molecule has 7 nitrogen and oxygen atoms in total. The fraction of sp³-hybridized carbons (Fsp3) is 0.692. The highest BCUT2D eigenvalue weighted by Crippen LogP contribution is 2.21. The Bertz CT molecular complexity index is 553. The average Bonchev–Trinajstić information content (AvgIpc) is 3.10. The molecule has 0 radical (unpaired) electrons. The number of rotatable bonds is 9. The van der Waals surface area contributed by atoms with Crippen LogP contribution in [0.2, 0.25) is 0 Å². The first-order valence-electron chi connectivity index (χ1n) is 7.34. The summed E-state index contributed by atoms with van der Waals surface area (Å²) in [6, 6.07) is 0. The van der Waals surface area contributed by atoms with Crippen molar-refractivity contribution in [3.8, 4) is 0 Å². The predicted octanol–water partition coefficient (Wildman–Crippen LogP) is 2.16. The van der Waals surface area contributed by atoms with Gasteiger partial charge in [0.15, 0.2) is 11.0 Å². The zero-order chi connectivity index (χ0) is 15.1. The summed E-state index contributed by atoms with van der Waals surface area (Å²) in [7, 11) is 0. The van der Waals surface area contributed by atoms with Gasteiger partial charge in [0.25, 0.3) is 0 Å². The molecule has 8 heteroatoms. The molecule has 0 saturated heterocycles. The van der Waals surface area contributed by atoms with Crippen LogP contribution in [0.4, 0.5) is 0 Å². The molecule has 0 unspecified atom stereocenters. The molecule has 0 aliphatic heterocycles. The molecule has 2 N–H and O–H groups in total. The average molecular weight is 310 g/mol. The van der Waals surface area contributed by atoms with Crippen LogP contribution >= 0.6 is 11.8 Å². The summed E-state index contributed by atoms with van der Waals surface area (Å²) in [5.41, 5.74) is 5.68. The second-order valence-corrected chi connectivity index (χ2v) is 5.69. The molecule has 0 atom stereocenters. The van der Waals surface area contributed by atoms with Crippen LogP contribution in [0.3, 0.4) is 0 Å². The number of nitrogens with zero attached hydrogens (tertiary/aromatic N) is 5. The molecule has 2 aromatic rings. The molecule has 0 spiro atoms. The SMILES string of the molecule is CCCCc1noc(CSc2nnc(CN)n2CCC)n1. The van der Waals surface area contributed by atoms with Gasteiger partial charge in [0.05, 0.1) is 12.3 Å². The van der Waals surface area contributed by atoms with Gasteiger partial charge in [-0.3, -0.25) is 0 Å². The van der Waals surface area contributed by atoms with Crippen LogP contribution in [-0.4, -0.2) is 24.9 Å². The number of hydrogen-bond acceptors (Lipinski definition) is 7. The Morgan fingerprint density at radius 3 is 2.81 bits per heavy atom. The van der Waals surface area contributed by atoms with Gasteiger partial charge in [-0.1, -0.05) is 37.2 Å². The van der Waals surface area contributed by atoms with E-state index < -0.39 is 0 Å². The summed E-state index contributed by atoms with van der Waals surface area (Å²) in [5.74, 6) is 2.83. The molecule has 116 valence electrons. The van der Waals surface area contributed by atoms with Crippen LogP contribution in [-0.2, 0) is 25.3 Å². The van der Waals surface area contributed by atoms with Gasteiger partial charge in [0, 0.05) is 13.0 Å². The number of unbranched alkanes of at least 4 members (excludes halogenated alkanes) is 1. The molecule has 0 bridgehead atoms. The second kappa shape index (κ2) is 8.14. The van der Waals surface area contributed by atoms with Crippen molar-refractivity contribution in [3.05, 3.63) is 17.5 Å². The van der Waals surface area contributed by atoms with Crippen LogP contribution in [0.25, 0.3) is 0 Å². The zero-order valence-corrected chi connectivity index (χ0v) is 13.4. The van der Waals surface area contributed by atoms with Crippen LogP contribution < -0.4 is 5.73 Å². The van der Waals surface area contributed by atoms with Gasteiger partial charge in [-0.05, 0) is 12.8 Å². The standard InChI is InChI=1S/C13H22N6OS/c1-3-5-6-10-15-12(20-18-10)9-21-13-17-16-11(8-14)19(13)7-4-2/h3-9,14H2,1-2H3. The maximum absolute atomic E-state index is 5.68. The lowest BCUT2D eigenvalue weighted by molar-refractivity contribution is 0.384. The molecule has 0 aliphatic carbocycles. The molecule has 2 heterocycles. The Morgan fingerprint density at radius 1 is 1.24 bits per heavy atom. The fourth-order valence-corrected chi connectivity index (χ4v) is 2.76. The quantitative estimate of drug-likeness (QED) is 0.709. The lowest BCUT2D eigenvalue weighted by Gasteiger charge is -2.06. The van der Waals surface area contributed by atoms with Crippen LogP contribution in [0.15, 0.2) is 9.68 Å². The largest absolute Gasteiger partial charge is 0.338 e. The Morgan fingerprint density at radius 2 is 2.10 bits per heavy atom. The highest BCUT2D eigenvalue weighted by Gasteiger charge is 2.13. The summed E-state index contributed by atoms with van der Waals surface area (Å²) in [5, 5.41) is 13.1. The lowest BCUT2D eigenvalue weighted by atomic mass is 10.2. The first-order chi connectivity index (χ1) is 10.3. The number of aromatic nitrogens is 5. The van der Waals surface area contributed by atoms with E-state index in [0.29, 0.717) is 18.2 Å². The first kappa shape index (κ1) is 16.0. The summed E-state index contributed by atoms with van der Waals surface area (Å²) >= 11 is 1.55. The van der Waals surface area contributed by atoms with E-state index in [0.717, 1.165) is 49.0 Å². The lowest BCUT2D eigenvalue weighted by Crippen LogP contribution is -2.09. The second-order valence-electron chi connectivity index (χ2n) is 4.75. The summed E-state index contributed by atoms with van der Waals surface area (Å²) in [4.78, 5) is 4.38. The van der Waals surface area contributed by atoms with Crippen molar-refractivity contribution in [3.63, 3.8) is 0 Å².